The molecule has 2 heterocycles. The van der Waals surface area contributed by atoms with Crippen LogP contribution < -0.4 is 16.1 Å². The van der Waals surface area contributed by atoms with Gasteiger partial charge in [-0.2, -0.15) is 0 Å². The lowest BCUT2D eigenvalue weighted by molar-refractivity contribution is -0.139. The molecule has 1 fully saturated rings. The molecule has 3 aliphatic rings. The molecule has 0 amide bonds. The van der Waals surface area contributed by atoms with Crippen molar-refractivity contribution in [3.63, 3.8) is 0 Å². The number of nitrogens with zero attached hydrogens (tertiary/aromatic N) is 3. The van der Waals surface area contributed by atoms with Gasteiger partial charge in [0, 0.05) is 11.8 Å². The maximum Gasteiger partial charge on any atom is 0.352 e. The number of para-hydroxylation sites is 1. The van der Waals surface area contributed by atoms with Gasteiger partial charge in [0.15, 0.2) is 23.1 Å². The van der Waals surface area contributed by atoms with Crippen LogP contribution in [0.25, 0.3) is 5.69 Å². The zero-order valence-electron chi connectivity index (χ0n) is 22.0. The standard InChI is InChI=1S/C30H29N3O6/c1-4-39-24-15-18(10-11-23(24)34)26-20-12-13-31-28(37)32(19-8-6-5-7-9-19)29(38)33(31)22(20)16-21-27(36)17(2)14-25(35)30(21,26)3/h5-12,14-15,21-22,26,34H,4,13,16H2,1-3H3/t21-,22+,26-,30-/m0/s1. The van der Waals surface area contributed by atoms with Gasteiger partial charge in [0.1, 0.15) is 0 Å². The number of ether oxygens (including phenoxy) is 1. The molecule has 39 heavy (non-hydrogen) atoms. The number of carbonyl (C=O) groups is 2. The summed E-state index contributed by atoms with van der Waals surface area (Å²) in [6.45, 7) is 5.74. The first-order valence-electron chi connectivity index (χ1n) is 13.1. The van der Waals surface area contributed by atoms with Crippen molar-refractivity contribution in [2.75, 3.05) is 6.61 Å². The van der Waals surface area contributed by atoms with Crippen molar-refractivity contribution in [1.82, 2.24) is 13.9 Å². The first kappa shape index (κ1) is 24.9. The Balaban J connectivity index is 1.59. The predicted molar refractivity (Wildman–Crippen MR) is 143 cm³/mol. The van der Waals surface area contributed by atoms with E-state index in [4.69, 9.17) is 4.74 Å². The van der Waals surface area contributed by atoms with Gasteiger partial charge in [-0.15, -0.1) is 0 Å². The number of hydrogen-bond donors (Lipinski definition) is 1. The number of fused-ring (bicyclic) bond motifs is 4. The highest BCUT2D eigenvalue weighted by atomic mass is 16.5. The molecule has 0 spiro atoms. The summed E-state index contributed by atoms with van der Waals surface area (Å²) < 4.78 is 9.65. The van der Waals surface area contributed by atoms with Gasteiger partial charge in [-0.25, -0.2) is 23.5 Å². The highest BCUT2D eigenvalue weighted by Gasteiger charge is 2.59. The molecule has 2 aromatic carbocycles. The number of benzene rings is 2. The Labute approximate surface area is 224 Å². The number of ketones is 2. The molecule has 2 aliphatic carbocycles. The number of aromatic nitrogens is 3. The van der Waals surface area contributed by atoms with Gasteiger partial charge in [-0.3, -0.25) is 9.59 Å². The fourth-order valence-electron chi connectivity index (χ4n) is 6.70. The summed E-state index contributed by atoms with van der Waals surface area (Å²) in [6, 6.07) is 13.1. The van der Waals surface area contributed by atoms with Crippen molar-refractivity contribution in [1.29, 1.82) is 0 Å². The van der Waals surface area contributed by atoms with E-state index in [1.807, 2.05) is 26.0 Å². The SMILES string of the molecule is CCOc1cc([C@H]2C3=CCn4c(=O)n(-c5ccccc5)c(=O)n4[C@@H]3C[C@H]3C(=O)C(C)=CC(=O)[C@@]23C)ccc1O. The molecule has 9 heteroatoms. The fraction of sp³-hybridized carbons (Fsp3) is 0.333. The van der Waals surface area contributed by atoms with Crippen LogP contribution >= 0.6 is 0 Å². The summed E-state index contributed by atoms with van der Waals surface area (Å²) in [7, 11) is 0. The molecule has 4 atom stereocenters. The lowest BCUT2D eigenvalue weighted by Gasteiger charge is -2.52. The van der Waals surface area contributed by atoms with Gasteiger partial charge in [0.05, 0.1) is 30.3 Å². The number of phenolic OH excluding ortho intramolecular Hbond substituents is 1. The lowest BCUT2D eigenvalue weighted by atomic mass is 9.51. The Bertz CT molecular complexity index is 1710. The van der Waals surface area contributed by atoms with Crippen LogP contribution in [0.4, 0.5) is 0 Å². The molecule has 1 saturated carbocycles. The minimum Gasteiger partial charge on any atom is -0.504 e. The second kappa shape index (κ2) is 8.83. The second-order valence-electron chi connectivity index (χ2n) is 10.6. The van der Waals surface area contributed by atoms with Crippen molar-refractivity contribution in [3.05, 3.63) is 98.4 Å². The van der Waals surface area contributed by atoms with Gasteiger partial charge < -0.3 is 9.84 Å². The third-order valence-corrected chi connectivity index (χ3v) is 8.57. The summed E-state index contributed by atoms with van der Waals surface area (Å²) in [5.41, 5.74) is 0.264. The fourth-order valence-corrected chi connectivity index (χ4v) is 6.70. The van der Waals surface area contributed by atoms with Gasteiger partial charge >= 0.3 is 11.4 Å². The van der Waals surface area contributed by atoms with E-state index >= 15 is 0 Å². The van der Waals surface area contributed by atoms with Gasteiger partial charge in [0.25, 0.3) is 0 Å². The summed E-state index contributed by atoms with van der Waals surface area (Å²) in [4.78, 5) is 54.6. The maximum absolute atomic E-state index is 13.8. The normalized spacial score (nSPS) is 25.8. The molecule has 1 aliphatic heterocycles. The van der Waals surface area contributed by atoms with E-state index in [0.717, 1.165) is 10.1 Å². The maximum atomic E-state index is 13.8. The molecule has 3 aromatic rings. The van der Waals surface area contributed by atoms with Crippen molar-refractivity contribution < 1.29 is 19.4 Å². The summed E-state index contributed by atoms with van der Waals surface area (Å²) in [6.07, 6.45) is 3.54. The second-order valence-corrected chi connectivity index (χ2v) is 10.6. The van der Waals surface area contributed by atoms with Crippen molar-refractivity contribution in [2.45, 2.75) is 45.7 Å². The average Bonchev–Trinajstić information content (AvgIpc) is 3.18. The van der Waals surface area contributed by atoms with E-state index in [0.29, 0.717) is 23.4 Å². The number of rotatable bonds is 4. The molecule has 0 unspecified atom stereocenters. The Morgan fingerprint density at radius 2 is 1.79 bits per heavy atom. The van der Waals surface area contributed by atoms with Crippen LogP contribution in [0.15, 0.2) is 81.4 Å². The number of phenols is 1. The molecule has 0 bridgehead atoms. The highest BCUT2D eigenvalue weighted by molar-refractivity contribution is 6.13. The van der Waals surface area contributed by atoms with Crippen LogP contribution in [0.1, 0.15) is 44.7 Å². The van der Waals surface area contributed by atoms with E-state index in [2.05, 4.69) is 0 Å². The van der Waals surface area contributed by atoms with Crippen molar-refractivity contribution in [2.24, 2.45) is 11.3 Å². The summed E-state index contributed by atoms with van der Waals surface area (Å²) >= 11 is 0. The summed E-state index contributed by atoms with van der Waals surface area (Å²) in [5.74, 6) is -1.34. The predicted octanol–water partition coefficient (Wildman–Crippen LogP) is 3.29. The van der Waals surface area contributed by atoms with E-state index in [-0.39, 0.29) is 36.0 Å². The lowest BCUT2D eigenvalue weighted by Crippen LogP contribution is -2.54. The quantitative estimate of drug-likeness (QED) is 0.521. The van der Waals surface area contributed by atoms with Crippen LogP contribution in [0, 0.1) is 11.3 Å². The Morgan fingerprint density at radius 1 is 1.05 bits per heavy atom. The minimum absolute atomic E-state index is 0.0286. The third-order valence-electron chi connectivity index (χ3n) is 8.57. The largest absolute Gasteiger partial charge is 0.504 e. The zero-order valence-corrected chi connectivity index (χ0v) is 22.0. The Hall–Kier alpha value is -4.40. The number of hydrogen-bond acceptors (Lipinski definition) is 6. The van der Waals surface area contributed by atoms with Crippen LogP contribution in [0.2, 0.25) is 0 Å². The van der Waals surface area contributed by atoms with Crippen molar-refractivity contribution >= 4 is 11.6 Å². The molecule has 6 rings (SSSR count). The molecule has 0 saturated heterocycles. The topological polar surface area (TPSA) is 113 Å². The highest BCUT2D eigenvalue weighted by Crippen LogP contribution is 2.60. The molecule has 1 N–H and O–H groups in total. The molecule has 9 nitrogen and oxygen atoms in total. The molecule has 1 aromatic heterocycles. The van der Waals surface area contributed by atoms with Crippen LogP contribution in [0.3, 0.4) is 0 Å². The molecule has 200 valence electrons. The summed E-state index contributed by atoms with van der Waals surface area (Å²) in [5, 5.41) is 10.4. The first-order chi connectivity index (χ1) is 18.7. The number of carbonyl (C=O) groups excluding carboxylic acids is 2. The van der Waals surface area contributed by atoms with E-state index in [9.17, 15) is 24.3 Å². The van der Waals surface area contributed by atoms with E-state index in [1.54, 1.807) is 43.3 Å². The minimum atomic E-state index is -1.12. The molecular formula is C30H29N3O6. The van der Waals surface area contributed by atoms with Crippen LogP contribution in [0.5, 0.6) is 11.5 Å². The smallest absolute Gasteiger partial charge is 0.352 e. The monoisotopic (exact) mass is 527 g/mol. The van der Waals surface area contributed by atoms with Gasteiger partial charge in [0.2, 0.25) is 0 Å². The molecule has 0 radical (unpaired) electrons. The average molecular weight is 528 g/mol. The number of Topliss-reactive ketones (excluding diaryl/α,β-unsaturated/α-hetero) is 1. The number of aromatic hydroxyl groups is 1. The van der Waals surface area contributed by atoms with E-state index < -0.39 is 34.7 Å². The zero-order chi connectivity index (χ0) is 27.6. The van der Waals surface area contributed by atoms with Gasteiger partial charge in [-0.1, -0.05) is 37.3 Å². The van der Waals surface area contributed by atoms with Crippen LogP contribution in [-0.4, -0.2) is 37.2 Å². The third kappa shape index (κ3) is 3.45. The van der Waals surface area contributed by atoms with E-state index in [1.165, 1.54) is 21.5 Å². The Kier molecular flexibility index (Phi) is 5.64. The van der Waals surface area contributed by atoms with Crippen molar-refractivity contribution in [3.8, 4) is 17.2 Å². The Morgan fingerprint density at radius 3 is 2.51 bits per heavy atom. The first-order valence-corrected chi connectivity index (χ1v) is 13.1. The number of allylic oxidation sites excluding steroid dienone is 4. The van der Waals surface area contributed by atoms with Crippen LogP contribution in [-0.2, 0) is 16.1 Å². The molecular weight excluding hydrogens is 498 g/mol. The van der Waals surface area contributed by atoms with Gasteiger partial charge in [-0.05, 0) is 67.3 Å².